The van der Waals surface area contributed by atoms with Gasteiger partial charge in [0.05, 0.1) is 10.6 Å². The Labute approximate surface area is 167 Å². The van der Waals surface area contributed by atoms with Crippen molar-refractivity contribution in [2.24, 2.45) is 0 Å². The summed E-state index contributed by atoms with van der Waals surface area (Å²) in [5, 5.41) is 2.48. The third-order valence-electron chi connectivity index (χ3n) is 4.38. The first kappa shape index (κ1) is 20.5. The van der Waals surface area contributed by atoms with Crippen molar-refractivity contribution in [2.75, 3.05) is 16.7 Å². The Morgan fingerprint density at radius 3 is 2.24 bits per heavy atom. The number of hydrogen-bond donors (Lipinski definition) is 1. The fourth-order valence-electron chi connectivity index (χ4n) is 2.81. The zero-order valence-electron chi connectivity index (χ0n) is 15.7. The van der Waals surface area contributed by atoms with E-state index in [1.54, 1.807) is 25.1 Å². The highest BCUT2D eigenvalue weighted by atomic mass is 32.2. The molecule has 0 unspecified atom stereocenters. The van der Waals surface area contributed by atoms with Crippen molar-refractivity contribution in [3.05, 3.63) is 89.5 Å². The average molecular weight is 416 g/mol. The Bertz CT molecular complexity index is 1170. The van der Waals surface area contributed by atoms with Crippen LogP contribution in [0.4, 0.5) is 20.2 Å². The number of amides is 1. The number of rotatable bonds is 5. The van der Waals surface area contributed by atoms with Gasteiger partial charge in [0, 0.05) is 24.4 Å². The van der Waals surface area contributed by atoms with Gasteiger partial charge in [0.1, 0.15) is 0 Å². The van der Waals surface area contributed by atoms with E-state index in [0.717, 1.165) is 16.4 Å². The fourth-order valence-corrected chi connectivity index (χ4v) is 4.09. The van der Waals surface area contributed by atoms with Gasteiger partial charge in [0.2, 0.25) is 0 Å². The maximum atomic E-state index is 13.3. The fraction of sp³-hybridized carbons (Fsp3) is 0.0952. The van der Waals surface area contributed by atoms with Crippen LogP contribution in [-0.4, -0.2) is 21.4 Å². The molecule has 8 heteroatoms. The summed E-state index contributed by atoms with van der Waals surface area (Å²) in [6.07, 6.45) is 0. The van der Waals surface area contributed by atoms with E-state index < -0.39 is 27.6 Å². The van der Waals surface area contributed by atoms with Crippen LogP contribution in [-0.2, 0) is 10.0 Å². The Morgan fingerprint density at radius 1 is 0.931 bits per heavy atom. The minimum Gasteiger partial charge on any atom is -0.322 e. The van der Waals surface area contributed by atoms with Crippen LogP contribution < -0.4 is 9.62 Å². The molecular weight excluding hydrogens is 398 g/mol. The number of carbonyl (C=O) groups excluding carboxylic acids is 1. The third kappa shape index (κ3) is 4.27. The van der Waals surface area contributed by atoms with Gasteiger partial charge < -0.3 is 5.32 Å². The highest BCUT2D eigenvalue weighted by Crippen LogP contribution is 2.26. The molecule has 1 N–H and O–H groups in total. The summed E-state index contributed by atoms with van der Waals surface area (Å²) in [6.45, 7) is 1.68. The van der Waals surface area contributed by atoms with Crippen molar-refractivity contribution >= 4 is 27.3 Å². The van der Waals surface area contributed by atoms with Gasteiger partial charge >= 0.3 is 0 Å². The van der Waals surface area contributed by atoms with Gasteiger partial charge in [0.25, 0.3) is 15.9 Å². The Kier molecular flexibility index (Phi) is 5.65. The molecule has 0 aliphatic carbocycles. The standard InChI is InChI=1S/C21H18F2N2O3S/c1-14-12-15(21(26)24-16-9-10-18(22)19(23)13-16)8-11-20(14)25(2)29(27,28)17-6-4-3-5-7-17/h3-13H,1-2H3,(H,24,26). The first-order valence-corrected chi connectivity index (χ1v) is 10.0. The normalized spacial score (nSPS) is 11.2. The van der Waals surface area contributed by atoms with Crippen LogP contribution in [0.2, 0.25) is 0 Å². The van der Waals surface area contributed by atoms with Crippen molar-refractivity contribution in [2.45, 2.75) is 11.8 Å². The minimum absolute atomic E-state index is 0.111. The summed E-state index contributed by atoms with van der Waals surface area (Å²) >= 11 is 0. The van der Waals surface area contributed by atoms with E-state index in [2.05, 4.69) is 5.32 Å². The molecule has 0 aliphatic rings. The molecule has 0 aromatic heterocycles. The van der Waals surface area contributed by atoms with E-state index in [-0.39, 0.29) is 16.1 Å². The van der Waals surface area contributed by atoms with E-state index >= 15 is 0 Å². The lowest BCUT2D eigenvalue weighted by atomic mass is 10.1. The topological polar surface area (TPSA) is 66.5 Å². The number of nitrogens with one attached hydrogen (secondary N) is 1. The molecule has 0 heterocycles. The molecule has 3 aromatic carbocycles. The summed E-state index contributed by atoms with van der Waals surface area (Å²) in [7, 11) is -2.31. The van der Waals surface area contributed by atoms with E-state index in [0.29, 0.717) is 11.3 Å². The molecule has 29 heavy (non-hydrogen) atoms. The summed E-state index contributed by atoms with van der Waals surface area (Å²) in [4.78, 5) is 12.6. The van der Waals surface area contributed by atoms with Crippen molar-refractivity contribution in [1.82, 2.24) is 0 Å². The molecule has 0 spiro atoms. The molecular formula is C21H18F2N2O3S. The number of hydrogen-bond acceptors (Lipinski definition) is 3. The molecule has 3 rings (SSSR count). The lowest BCUT2D eigenvalue weighted by Crippen LogP contribution is -2.27. The number of carbonyl (C=O) groups is 1. The summed E-state index contributed by atoms with van der Waals surface area (Å²) in [6, 6.07) is 15.6. The quantitative estimate of drug-likeness (QED) is 0.672. The molecule has 0 saturated heterocycles. The zero-order valence-corrected chi connectivity index (χ0v) is 16.5. The SMILES string of the molecule is Cc1cc(C(=O)Nc2ccc(F)c(F)c2)ccc1N(C)S(=O)(=O)c1ccccc1. The van der Waals surface area contributed by atoms with Gasteiger partial charge in [-0.2, -0.15) is 0 Å². The summed E-state index contributed by atoms with van der Waals surface area (Å²) < 4.78 is 53.0. The molecule has 1 amide bonds. The molecule has 0 fully saturated rings. The van der Waals surface area contributed by atoms with Crippen LogP contribution in [0.5, 0.6) is 0 Å². The first-order chi connectivity index (χ1) is 13.7. The summed E-state index contributed by atoms with van der Waals surface area (Å²) in [5.41, 5.74) is 1.34. The van der Waals surface area contributed by atoms with Gasteiger partial charge in [-0.15, -0.1) is 0 Å². The van der Waals surface area contributed by atoms with E-state index in [4.69, 9.17) is 0 Å². The van der Waals surface area contributed by atoms with Crippen LogP contribution >= 0.6 is 0 Å². The molecule has 5 nitrogen and oxygen atoms in total. The van der Waals surface area contributed by atoms with Crippen LogP contribution in [0.3, 0.4) is 0 Å². The van der Waals surface area contributed by atoms with Crippen molar-refractivity contribution in [1.29, 1.82) is 0 Å². The van der Waals surface area contributed by atoms with Crippen LogP contribution in [0, 0.1) is 18.6 Å². The maximum Gasteiger partial charge on any atom is 0.264 e. The average Bonchev–Trinajstić information content (AvgIpc) is 2.70. The van der Waals surface area contributed by atoms with Crippen molar-refractivity contribution in [3.8, 4) is 0 Å². The number of nitrogens with zero attached hydrogens (tertiary/aromatic N) is 1. The van der Waals surface area contributed by atoms with Gasteiger partial charge in [-0.25, -0.2) is 17.2 Å². The largest absolute Gasteiger partial charge is 0.322 e. The highest BCUT2D eigenvalue weighted by molar-refractivity contribution is 7.92. The van der Waals surface area contributed by atoms with Crippen molar-refractivity contribution in [3.63, 3.8) is 0 Å². The second-order valence-corrected chi connectivity index (χ2v) is 8.34. The Morgan fingerprint density at radius 2 is 1.62 bits per heavy atom. The second-order valence-electron chi connectivity index (χ2n) is 6.37. The van der Waals surface area contributed by atoms with E-state index in [1.807, 2.05) is 0 Å². The predicted octanol–water partition coefficient (Wildman–Crippen LogP) is 4.35. The van der Waals surface area contributed by atoms with Gasteiger partial charge in [0.15, 0.2) is 11.6 Å². The molecule has 0 aliphatic heterocycles. The monoisotopic (exact) mass is 416 g/mol. The first-order valence-electron chi connectivity index (χ1n) is 8.61. The number of halogens is 2. The summed E-state index contributed by atoms with van der Waals surface area (Å²) in [5.74, 6) is -2.60. The molecule has 0 atom stereocenters. The lowest BCUT2D eigenvalue weighted by molar-refractivity contribution is 0.102. The van der Waals surface area contributed by atoms with E-state index in [9.17, 15) is 22.0 Å². The maximum absolute atomic E-state index is 13.3. The molecule has 150 valence electrons. The van der Waals surface area contributed by atoms with Crippen LogP contribution in [0.25, 0.3) is 0 Å². The number of sulfonamides is 1. The second kappa shape index (κ2) is 8.00. The highest BCUT2D eigenvalue weighted by Gasteiger charge is 2.22. The third-order valence-corrected chi connectivity index (χ3v) is 6.16. The molecule has 0 radical (unpaired) electrons. The number of benzene rings is 3. The van der Waals surface area contributed by atoms with E-state index in [1.165, 1.54) is 43.4 Å². The predicted molar refractivity (Wildman–Crippen MR) is 108 cm³/mol. The van der Waals surface area contributed by atoms with Gasteiger partial charge in [-0.1, -0.05) is 18.2 Å². The van der Waals surface area contributed by atoms with Crippen LogP contribution in [0.1, 0.15) is 15.9 Å². The smallest absolute Gasteiger partial charge is 0.264 e. The molecule has 0 saturated carbocycles. The number of aryl methyl sites for hydroxylation is 1. The van der Waals surface area contributed by atoms with Crippen LogP contribution in [0.15, 0.2) is 71.6 Å². The molecule has 3 aromatic rings. The Hall–Kier alpha value is -3.26. The number of anilines is 2. The lowest BCUT2D eigenvalue weighted by Gasteiger charge is -2.22. The van der Waals surface area contributed by atoms with Gasteiger partial charge in [-0.05, 0) is 55.0 Å². The van der Waals surface area contributed by atoms with Gasteiger partial charge in [-0.3, -0.25) is 9.10 Å². The minimum atomic E-state index is -3.75. The Balaban J connectivity index is 1.84. The van der Waals surface area contributed by atoms with Crippen molar-refractivity contribution < 1.29 is 22.0 Å². The molecule has 0 bridgehead atoms. The zero-order chi connectivity index (χ0) is 21.2.